The molecule has 5 aromatic rings. The third kappa shape index (κ3) is 41.2. The highest BCUT2D eigenvalue weighted by molar-refractivity contribution is 5.73. The zero-order valence-corrected chi connectivity index (χ0v) is 75.1. The lowest BCUT2D eigenvalue weighted by Gasteiger charge is -2.34. The molecule has 0 aliphatic carbocycles. The molecule has 650 valence electrons. The van der Waals surface area contributed by atoms with Gasteiger partial charge in [0.15, 0.2) is 0 Å². The Morgan fingerprint density at radius 1 is 0.397 bits per heavy atom. The van der Waals surface area contributed by atoms with E-state index in [2.05, 4.69) is 264 Å². The number of para-hydroxylation sites is 1. The van der Waals surface area contributed by atoms with Crippen LogP contribution >= 0.6 is 0 Å². The number of hydrogen-bond donors (Lipinski definition) is 0. The minimum absolute atomic E-state index is 0.229. The van der Waals surface area contributed by atoms with E-state index < -0.39 is 11.7 Å². The van der Waals surface area contributed by atoms with Gasteiger partial charge in [-0.05, 0) is 275 Å². The van der Waals surface area contributed by atoms with E-state index in [9.17, 15) is 18.0 Å². The number of benzene rings is 5. The van der Waals surface area contributed by atoms with Crippen LogP contribution in [0.4, 0.5) is 30.2 Å². The molecule has 0 aromatic heterocycles. The monoisotopic (exact) mass is 1610 g/mol. The lowest BCUT2D eigenvalue weighted by atomic mass is 9.99. The van der Waals surface area contributed by atoms with Gasteiger partial charge >= 0.3 is 6.18 Å². The minimum Gasteiger partial charge on any atom is -0.376 e. The first kappa shape index (κ1) is 98.6. The fourth-order valence-electron chi connectivity index (χ4n) is 15.9. The maximum absolute atomic E-state index is 12.4. The quantitative estimate of drug-likeness (QED) is 0.147. The molecule has 0 saturated carbocycles. The highest BCUT2D eigenvalue weighted by Crippen LogP contribution is 2.31. The first-order chi connectivity index (χ1) is 55.7. The Labute approximate surface area is 704 Å². The van der Waals surface area contributed by atoms with E-state index in [1.165, 1.54) is 198 Å². The number of likely N-dealkylation sites (N-methyl/N-ethyl adjacent to an activating group) is 6. The molecule has 10 aliphatic heterocycles. The van der Waals surface area contributed by atoms with Crippen LogP contribution in [0, 0.1) is 35.0 Å². The van der Waals surface area contributed by atoms with Crippen LogP contribution in [-0.2, 0) is 28.8 Å². The number of likely N-dealkylation sites (tertiary alicyclic amines) is 4. The van der Waals surface area contributed by atoms with Gasteiger partial charge in [0.1, 0.15) is 0 Å². The lowest BCUT2D eigenvalue weighted by Crippen LogP contribution is -2.44. The zero-order chi connectivity index (χ0) is 84.0. The maximum atomic E-state index is 12.4. The van der Waals surface area contributed by atoms with Crippen molar-refractivity contribution in [1.29, 1.82) is 5.26 Å². The molecular weight excluding hydrogens is 1450 g/mol. The van der Waals surface area contributed by atoms with Crippen LogP contribution in [0.5, 0.6) is 0 Å². The number of amides is 1. The summed E-state index contributed by atoms with van der Waals surface area (Å²) in [6.07, 6.45) is 10.8. The number of alkyl halides is 3. The number of piperidine rings is 4. The number of carbonyl (C=O) groups excluding carboxylic acids is 1. The Bertz CT molecular complexity index is 3280. The van der Waals surface area contributed by atoms with E-state index in [1.54, 1.807) is 19.1 Å². The van der Waals surface area contributed by atoms with E-state index in [0.717, 1.165) is 151 Å². The molecule has 20 heteroatoms. The van der Waals surface area contributed by atoms with Gasteiger partial charge in [-0.2, -0.15) is 18.4 Å². The summed E-state index contributed by atoms with van der Waals surface area (Å²) in [7, 11) is 15.2. The first-order valence-corrected chi connectivity index (χ1v) is 44.6. The van der Waals surface area contributed by atoms with E-state index in [4.69, 9.17) is 10.00 Å². The smallest absolute Gasteiger partial charge is 0.376 e. The molecule has 10 fully saturated rings. The van der Waals surface area contributed by atoms with Crippen LogP contribution in [0.1, 0.15) is 148 Å². The number of nitrogens with zero attached hydrogens (tertiary/aromatic N) is 15. The van der Waals surface area contributed by atoms with Crippen molar-refractivity contribution in [2.24, 2.45) is 23.7 Å². The molecule has 0 bridgehead atoms. The number of carbonyl (C=O) groups is 1. The Kier molecular flexibility index (Phi) is 47.3. The van der Waals surface area contributed by atoms with Crippen LogP contribution in [-0.4, -0.2) is 311 Å². The summed E-state index contributed by atoms with van der Waals surface area (Å²) in [5.74, 6) is 3.78. The van der Waals surface area contributed by atoms with Crippen molar-refractivity contribution >= 4 is 23.0 Å². The Balaban J connectivity index is 0.000000202. The van der Waals surface area contributed by atoms with Crippen molar-refractivity contribution in [3.05, 3.63) is 162 Å². The van der Waals surface area contributed by atoms with Gasteiger partial charge in [-0.15, -0.1) is 0 Å². The minimum atomic E-state index is -4.25. The van der Waals surface area contributed by atoms with E-state index in [0.29, 0.717) is 6.10 Å². The molecule has 10 heterocycles. The van der Waals surface area contributed by atoms with Crippen molar-refractivity contribution in [1.82, 2.24) is 53.9 Å². The molecule has 10 aliphatic rings. The standard InChI is InChI=1S/C13H16N2.C13H19N.C12H15F3N2.C12H17NO.C11H16N2.C8H15NO.C7H16N2.2C7H15N.C6H14N2/c1-11-6-8-15(9-7-11)13-4-2-12(10-14)3-5-13;1-12-7-9-14(10-8-12)11-13-5-3-2-4-6-13;1-16-6-8-17(9-7-16)11-4-2-10(3-5-11)12(13,14)15;1-11-9-13(7-8-14-11)10-12-5-3-2-4-6-12;1-12-7-9-13(10-8-12)11-5-3-2-4-6-11;1-7-3-5-9(6-4-7)8(2)10;1-8-4-3-5-9(2)7-6-8;1-7-4-3-5-8(2)6-7;1-3-8-6-4-5-7(8)2;1-7-3-5-8(2)6-4-7/h2-5,11H,6-9H2,1H3;2-6,12H,7-11H2,1H3;2-5H,6-9H2,1H3;2-6,11H,7-10H2,1H3;2-6H,7-10H2,1H3;7H,3-6H2,1-2H3;3-7H2,1-2H3;2*7H,3-6H2,1-2H3;3-6H2,1-2H3. The number of nitriles is 1. The average molecular weight is 1610 g/mol. The van der Waals surface area contributed by atoms with Crippen LogP contribution in [0.3, 0.4) is 0 Å². The number of ether oxygens (including phenoxy) is 1. The fourth-order valence-corrected chi connectivity index (χ4v) is 15.9. The number of piperazine rings is 3. The van der Waals surface area contributed by atoms with Crippen LogP contribution < -0.4 is 14.7 Å². The number of hydrogen-bond acceptors (Lipinski definition) is 16. The van der Waals surface area contributed by atoms with Gasteiger partial charge < -0.3 is 63.5 Å². The van der Waals surface area contributed by atoms with Crippen LogP contribution in [0.15, 0.2) is 140 Å². The second-order valence-electron chi connectivity index (χ2n) is 35.0. The lowest BCUT2D eigenvalue weighted by molar-refractivity contribution is -0.137. The summed E-state index contributed by atoms with van der Waals surface area (Å²) in [6, 6.07) is 48.3. The Morgan fingerprint density at radius 3 is 1.16 bits per heavy atom. The third-order valence-corrected chi connectivity index (χ3v) is 24.4. The topological polar surface area (TPSA) is 95.4 Å². The molecule has 0 spiro atoms. The van der Waals surface area contributed by atoms with Gasteiger partial charge in [0.25, 0.3) is 0 Å². The predicted molar refractivity (Wildman–Crippen MR) is 483 cm³/mol. The first-order valence-electron chi connectivity index (χ1n) is 44.6. The number of halogens is 3. The summed E-state index contributed by atoms with van der Waals surface area (Å²) >= 11 is 0. The molecule has 0 radical (unpaired) electrons. The van der Waals surface area contributed by atoms with Crippen LogP contribution in [0.25, 0.3) is 0 Å². The molecule has 10 saturated heterocycles. The van der Waals surface area contributed by atoms with Crippen molar-refractivity contribution < 1.29 is 22.7 Å². The Morgan fingerprint density at radius 2 is 0.776 bits per heavy atom. The van der Waals surface area contributed by atoms with Gasteiger partial charge in [0.05, 0.1) is 29.9 Å². The molecule has 5 aromatic carbocycles. The van der Waals surface area contributed by atoms with Crippen molar-refractivity contribution in [2.45, 2.75) is 157 Å². The molecule has 0 N–H and O–H groups in total. The van der Waals surface area contributed by atoms with Gasteiger partial charge in [-0.25, -0.2) is 0 Å². The second kappa shape index (κ2) is 55.6. The summed E-state index contributed by atoms with van der Waals surface area (Å²) in [5, 5.41) is 8.71. The van der Waals surface area contributed by atoms with Crippen LogP contribution in [0.2, 0.25) is 0 Å². The van der Waals surface area contributed by atoms with E-state index >= 15 is 0 Å². The molecule has 17 nitrogen and oxygen atoms in total. The molecule has 15 rings (SSSR count). The number of anilines is 3. The van der Waals surface area contributed by atoms with Gasteiger partial charge in [-0.1, -0.05) is 113 Å². The highest BCUT2D eigenvalue weighted by atomic mass is 19.4. The summed E-state index contributed by atoms with van der Waals surface area (Å²) < 4.78 is 42.7. The van der Waals surface area contributed by atoms with Crippen molar-refractivity contribution in [2.75, 3.05) is 254 Å². The van der Waals surface area contributed by atoms with Gasteiger partial charge in [0.2, 0.25) is 5.91 Å². The second-order valence-corrected chi connectivity index (χ2v) is 35.0. The summed E-state index contributed by atoms with van der Waals surface area (Å²) in [6.45, 7) is 52.9. The largest absolute Gasteiger partial charge is 0.416 e. The van der Waals surface area contributed by atoms with Gasteiger partial charge in [0, 0.05) is 181 Å². The van der Waals surface area contributed by atoms with Crippen molar-refractivity contribution in [3.63, 3.8) is 0 Å². The zero-order valence-electron chi connectivity index (χ0n) is 75.1. The third-order valence-electron chi connectivity index (χ3n) is 24.4. The molecule has 1 amide bonds. The highest BCUT2D eigenvalue weighted by Gasteiger charge is 2.31. The van der Waals surface area contributed by atoms with E-state index in [1.807, 2.05) is 24.1 Å². The Hall–Kier alpha value is -6.19. The number of morpholine rings is 1. The molecular formula is C96H158F3N15O2. The van der Waals surface area contributed by atoms with Crippen molar-refractivity contribution in [3.8, 4) is 6.07 Å². The summed E-state index contributed by atoms with van der Waals surface area (Å²) in [5.41, 5.74) is 6.46. The van der Waals surface area contributed by atoms with Gasteiger partial charge in [-0.3, -0.25) is 14.6 Å². The van der Waals surface area contributed by atoms with E-state index in [-0.39, 0.29) is 5.91 Å². The normalized spacial score (nSPS) is 22.4. The maximum Gasteiger partial charge on any atom is 0.416 e. The average Bonchev–Trinajstić information content (AvgIpc) is 0.914. The predicted octanol–water partition coefficient (Wildman–Crippen LogP) is 15.7. The SMILES string of the molecule is CC(=O)N1CCC(C)CC1.CC1CCCN(C)C1.CC1CCN(Cc2ccccc2)CC1.CC1CCN(c2ccc(C#N)cc2)CC1.CC1CN(Cc2ccccc2)CCO1.CCN1CCCC1C.CN1CCCN(C)CC1.CN1CCN(C)CC1.CN1CCN(c2ccc(C(F)(F)F)cc2)CC1.CN1CCN(c2ccccc2)CC1. The fraction of sp³-hybridized carbons (Fsp3) is 0.667. The molecule has 116 heavy (non-hydrogen) atoms. The molecule has 3 unspecified atom stereocenters. The number of rotatable bonds is 8. The summed E-state index contributed by atoms with van der Waals surface area (Å²) in [4.78, 5) is 43.8. The molecule has 3 atom stereocenters.